The van der Waals surface area contributed by atoms with E-state index in [0.717, 1.165) is 5.92 Å². The van der Waals surface area contributed by atoms with Crippen LogP contribution in [0.1, 0.15) is 0 Å². The van der Waals surface area contributed by atoms with E-state index in [1.54, 1.807) is 0 Å². The predicted octanol–water partition coefficient (Wildman–Crippen LogP) is 3.03. The van der Waals surface area contributed by atoms with Crippen molar-refractivity contribution >= 4 is 11.6 Å². The molecular formula is C7HClF6. The maximum atomic E-state index is 12.6. The van der Waals surface area contributed by atoms with Crippen molar-refractivity contribution in [2.45, 2.75) is 17.8 Å². The second-order valence-corrected chi connectivity index (χ2v) is 2.93. The molecule has 0 fully saturated rings. The van der Waals surface area contributed by atoms with E-state index in [4.69, 9.17) is 0 Å². The predicted molar refractivity (Wildman–Crippen MR) is 36.6 cm³/mol. The molecular weight excluding hydrogens is 234 g/mol. The molecule has 0 saturated heterocycles. The zero-order chi connectivity index (χ0) is 11.4. The van der Waals surface area contributed by atoms with Crippen molar-refractivity contribution < 1.29 is 26.3 Å². The van der Waals surface area contributed by atoms with Crippen LogP contribution in [-0.2, 0) is 0 Å². The molecule has 0 unspecified atom stereocenters. The lowest BCUT2D eigenvalue weighted by Crippen LogP contribution is -2.48. The van der Waals surface area contributed by atoms with Crippen LogP contribution < -0.4 is 0 Å². The lowest BCUT2D eigenvalue weighted by atomic mass is 10.1. The van der Waals surface area contributed by atoms with Crippen molar-refractivity contribution in [3.05, 3.63) is 10.6 Å². The van der Waals surface area contributed by atoms with Crippen LogP contribution in [-0.4, -0.2) is 17.8 Å². The number of hydrogen-bond donors (Lipinski definition) is 0. The summed E-state index contributed by atoms with van der Waals surface area (Å²) in [5.74, 6) is -14.8. The minimum absolute atomic E-state index is 1.05. The van der Waals surface area contributed by atoms with E-state index in [-0.39, 0.29) is 0 Å². The number of alkyl halides is 6. The van der Waals surface area contributed by atoms with Crippen LogP contribution in [0.15, 0.2) is 10.6 Å². The highest BCUT2D eigenvalue weighted by atomic mass is 35.5. The Labute approximate surface area is 79.5 Å². The first-order valence-corrected chi connectivity index (χ1v) is 3.49. The van der Waals surface area contributed by atoms with Crippen LogP contribution >= 0.6 is 11.6 Å². The third-order valence-corrected chi connectivity index (χ3v) is 2.17. The quantitative estimate of drug-likeness (QED) is 0.446. The van der Waals surface area contributed by atoms with Gasteiger partial charge in [0.1, 0.15) is 5.03 Å². The Bertz CT molecular complexity index is 348. The van der Waals surface area contributed by atoms with Gasteiger partial charge in [-0.3, -0.25) is 0 Å². The number of hydrogen-bond acceptors (Lipinski definition) is 0. The molecule has 0 nitrogen and oxygen atoms in total. The van der Waals surface area contributed by atoms with Crippen LogP contribution in [0.25, 0.3) is 0 Å². The van der Waals surface area contributed by atoms with E-state index >= 15 is 0 Å². The van der Waals surface area contributed by atoms with Crippen molar-refractivity contribution in [3.8, 4) is 12.3 Å². The highest BCUT2D eigenvalue weighted by Crippen LogP contribution is 2.59. The maximum absolute atomic E-state index is 12.6. The van der Waals surface area contributed by atoms with Crippen LogP contribution in [0.5, 0.6) is 0 Å². The normalized spacial score (nSPS) is 27.6. The topological polar surface area (TPSA) is 0 Å². The molecule has 0 spiro atoms. The van der Waals surface area contributed by atoms with Gasteiger partial charge in [0.2, 0.25) is 0 Å². The molecule has 0 saturated carbocycles. The van der Waals surface area contributed by atoms with Gasteiger partial charge in [-0.05, 0) is 0 Å². The first-order valence-electron chi connectivity index (χ1n) is 3.11. The van der Waals surface area contributed by atoms with E-state index in [1.165, 1.54) is 0 Å². The number of terminal acetylenes is 1. The molecule has 7 heteroatoms. The summed E-state index contributed by atoms with van der Waals surface area (Å²) in [5, 5.41) is -1.98. The molecule has 1 aliphatic carbocycles. The molecule has 0 aromatic carbocycles. The zero-order valence-electron chi connectivity index (χ0n) is 6.22. The van der Waals surface area contributed by atoms with E-state index in [1.807, 2.05) is 0 Å². The lowest BCUT2D eigenvalue weighted by Gasteiger charge is -2.23. The van der Waals surface area contributed by atoms with Crippen molar-refractivity contribution in [3.63, 3.8) is 0 Å². The van der Waals surface area contributed by atoms with Gasteiger partial charge >= 0.3 is 17.8 Å². The Morgan fingerprint density at radius 2 is 1.43 bits per heavy atom. The average molecular weight is 235 g/mol. The molecule has 0 atom stereocenters. The Hall–Kier alpha value is -0.830. The van der Waals surface area contributed by atoms with Gasteiger partial charge in [0.05, 0.1) is 5.57 Å². The van der Waals surface area contributed by atoms with Crippen LogP contribution in [0.2, 0.25) is 0 Å². The lowest BCUT2D eigenvalue weighted by molar-refractivity contribution is -0.262. The van der Waals surface area contributed by atoms with Gasteiger partial charge in [-0.2, -0.15) is 26.3 Å². The van der Waals surface area contributed by atoms with Crippen LogP contribution in [0.4, 0.5) is 26.3 Å². The minimum Gasteiger partial charge on any atom is -0.193 e. The smallest absolute Gasteiger partial charge is 0.193 e. The Morgan fingerprint density at radius 1 is 1.00 bits per heavy atom. The summed E-state index contributed by atoms with van der Waals surface area (Å²) in [6.07, 6.45) is 4.40. The van der Waals surface area contributed by atoms with Crippen molar-refractivity contribution in [2.24, 2.45) is 0 Å². The van der Waals surface area contributed by atoms with Crippen molar-refractivity contribution in [1.82, 2.24) is 0 Å². The second-order valence-electron chi connectivity index (χ2n) is 2.56. The molecule has 1 rings (SSSR count). The molecule has 0 bridgehead atoms. The number of rotatable bonds is 0. The highest BCUT2D eigenvalue weighted by Gasteiger charge is 2.80. The summed E-state index contributed by atoms with van der Waals surface area (Å²) in [6, 6.07) is 0. The third-order valence-electron chi connectivity index (χ3n) is 1.74. The van der Waals surface area contributed by atoms with Gasteiger partial charge in [0.25, 0.3) is 0 Å². The van der Waals surface area contributed by atoms with Crippen LogP contribution in [0.3, 0.4) is 0 Å². The molecule has 0 aliphatic heterocycles. The van der Waals surface area contributed by atoms with Crippen molar-refractivity contribution in [1.29, 1.82) is 0 Å². The third kappa shape index (κ3) is 0.934. The SMILES string of the molecule is C#CC1=C(Cl)C(F)(F)C(F)(F)C1(F)F. The molecule has 78 valence electrons. The molecule has 14 heavy (non-hydrogen) atoms. The second kappa shape index (κ2) is 2.60. The largest absolute Gasteiger partial charge is 0.382 e. The molecule has 0 radical (unpaired) electrons. The summed E-state index contributed by atoms with van der Waals surface area (Å²) < 4.78 is 75.2. The maximum Gasteiger partial charge on any atom is 0.382 e. The molecule has 0 aromatic heterocycles. The summed E-state index contributed by atoms with van der Waals surface area (Å²) in [5.41, 5.74) is -1.87. The van der Waals surface area contributed by atoms with Gasteiger partial charge < -0.3 is 0 Å². The zero-order valence-corrected chi connectivity index (χ0v) is 6.98. The van der Waals surface area contributed by atoms with Gasteiger partial charge in [0, 0.05) is 0 Å². The van der Waals surface area contributed by atoms with Gasteiger partial charge in [0.15, 0.2) is 0 Å². The fourth-order valence-corrected chi connectivity index (χ4v) is 1.23. The summed E-state index contributed by atoms with van der Waals surface area (Å²) in [4.78, 5) is 0. The number of halogens is 7. The molecule has 0 aromatic rings. The molecule has 1 aliphatic rings. The first kappa shape index (κ1) is 11.2. The van der Waals surface area contributed by atoms with Crippen LogP contribution in [0, 0.1) is 12.3 Å². The molecule has 0 heterocycles. The Morgan fingerprint density at radius 3 is 1.57 bits per heavy atom. The highest BCUT2D eigenvalue weighted by molar-refractivity contribution is 6.31. The first-order chi connectivity index (χ1) is 6.10. The van der Waals surface area contributed by atoms with Gasteiger partial charge in [-0.15, -0.1) is 6.42 Å². The van der Waals surface area contributed by atoms with E-state index in [0.29, 0.717) is 0 Å². The van der Waals surface area contributed by atoms with E-state index in [9.17, 15) is 26.3 Å². The summed E-state index contributed by atoms with van der Waals surface area (Å²) in [7, 11) is 0. The molecule has 0 amide bonds. The monoisotopic (exact) mass is 234 g/mol. The minimum atomic E-state index is -5.58. The Balaban J connectivity index is 3.49. The standard InChI is InChI=1S/C7HClF6/c1-2-3-4(8)6(11,12)7(13,14)5(3,9)10/h1H. The molecule has 0 N–H and O–H groups in total. The fraction of sp³-hybridized carbons (Fsp3) is 0.429. The average Bonchev–Trinajstić information content (AvgIpc) is 2.10. The van der Waals surface area contributed by atoms with E-state index in [2.05, 4.69) is 18.0 Å². The Kier molecular flexibility index (Phi) is 2.09. The van der Waals surface area contributed by atoms with Gasteiger partial charge in [-0.1, -0.05) is 17.5 Å². The van der Waals surface area contributed by atoms with E-state index < -0.39 is 28.4 Å². The summed E-state index contributed by atoms with van der Waals surface area (Å²) in [6.45, 7) is 0. The fourth-order valence-electron chi connectivity index (χ4n) is 0.941. The number of allylic oxidation sites excluding steroid dienone is 2. The van der Waals surface area contributed by atoms with Crippen molar-refractivity contribution in [2.75, 3.05) is 0 Å². The van der Waals surface area contributed by atoms with Gasteiger partial charge in [-0.25, -0.2) is 0 Å². The summed E-state index contributed by atoms with van der Waals surface area (Å²) >= 11 is 4.67.